The van der Waals surface area contributed by atoms with Gasteiger partial charge >= 0.3 is 6.18 Å². The van der Waals surface area contributed by atoms with E-state index in [1.807, 2.05) is 24.6 Å². The zero-order valence-corrected chi connectivity index (χ0v) is 22.3. The van der Waals surface area contributed by atoms with E-state index < -0.39 is 11.7 Å². The number of benzene rings is 2. The number of hydrogen-bond donors (Lipinski definition) is 1. The first-order chi connectivity index (χ1) is 18.7. The topological polar surface area (TPSA) is 97.3 Å². The quantitative estimate of drug-likeness (QED) is 0.249. The highest BCUT2D eigenvalue weighted by Crippen LogP contribution is 2.31. The molecule has 12 heteroatoms. The molecule has 0 bridgehead atoms. The largest absolute Gasteiger partial charge is 0.483 e. The molecule has 39 heavy (non-hydrogen) atoms. The van der Waals surface area contributed by atoms with Gasteiger partial charge in [0.15, 0.2) is 11.0 Å². The Hall–Kier alpha value is -3.64. The van der Waals surface area contributed by atoms with Gasteiger partial charge < -0.3 is 19.1 Å². The highest BCUT2D eigenvalue weighted by Gasteiger charge is 2.30. The third-order valence-corrected chi connectivity index (χ3v) is 7.47. The summed E-state index contributed by atoms with van der Waals surface area (Å²) < 4.78 is 45.6. The van der Waals surface area contributed by atoms with Gasteiger partial charge in [-0.3, -0.25) is 4.79 Å². The fourth-order valence-corrected chi connectivity index (χ4v) is 5.33. The lowest BCUT2D eigenvalue weighted by Crippen LogP contribution is -2.28. The molecule has 0 fully saturated rings. The van der Waals surface area contributed by atoms with E-state index in [2.05, 4.69) is 38.5 Å². The van der Waals surface area contributed by atoms with Gasteiger partial charge in [0.25, 0.3) is 6.47 Å². The number of carboxylic acid groups (broad SMARTS) is 1. The van der Waals surface area contributed by atoms with Gasteiger partial charge in [-0.15, -0.1) is 10.2 Å². The van der Waals surface area contributed by atoms with Crippen LogP contribution in [0.4, 0.5) is 13.2 Å². The van der Waals surface area contributed by atoms with Crippen molar-refractivity contribution in [2.45, 2.75) is 31.1 Å². The van der Waals surface area contributed by atoms with Gasteiger partial charge in [-0.2, -0.15) is 13.2 Å². The van der Waals surface area contributed by atoms with Crippen molar-refractivity contribution in [2.75, 3.05) is 25.4 Å². The Bertz CT molecular complexity index is 1400. The number of thioether (sulfide) groups is 1. The number of hydrogen-bond acceptors (Lipinski definition) is 7. The van der Waals surface area contributed by atoms with Gasteiger partial charge in [-0.25, -0.2) is 0 Å². The minimum Gasteiger partial charge on any atom is -0.483 e. The molecule has 0 saturated heterocycles. The minimum absolute atomic E-state index is 0.250. The molecule has 0 spiro atoms. The molecule has 4 aromatic rings. The lowest BCUT2D eigenvalue weighted by molar-refractivity contribution is -0.137. The molecule has 1 aliphatic rings. The van der Waals surface area contributed by atoms with Gasteiger partial charge in [0.1, 0.15) is 11.5 Å². The number of halogens is 3. The van der Waals surface area contributed by atoms with Gasteiger partial charge in [-0.05, 0) is 49.1 Å². The van der Waals surface area contributed by atoms with Crippen LogP contribution in [0.5, 0.6) is 0 Å². The molecule has 1 aliphatic heterocycles. The van der Waals surface area contributed by atoms with E-state index in [0.717, 1.165) is 72.5 Å². The molecule has 2 aromatic carbocycles. The molecular weight excluding hydrogens is 531 g/mol. The van der Waals surface area contributed by atoms with E-state index in [9.17, 15) is 13.2 Å². The maximum atomic E-state index is 12.8. The van der Waals surface area contributed by atoms with Crippen LogP contribution < -0.4 is 0 Å². The second kappa shape index (κ2) is 12.5. The molecule has 5 rings (SSSR count). The number of alkyl halides is 3. The van der Waals surface area contributed by atoms with Crippen molar-refractivity contribution in [3.8, 4) is 22.6 Å². The van der Waals surface area contributed by atoms with E-state index in [-0.39, 0.29) is 6.47 Å². The maximum Gasteiger partial charge on any atom is 0.416 e. The van der Waals surface area contributed by atoms with E-state index >= 15 is 0 Å². The summed E-state index contributed by atoms with van der Waals surface area (Å²) in [5.41, 5.74) is 4.62. The molecule has 0 saturated carbocycles. The number of nitrogens with zero attached hydrogens (tertiary/aromatic N) is 5. The average Bonchev–Trinajstić information content (AvgIpc) is 3.44. The van der Waals surface area contributed by atoms with Gasteiger partial charge in [0.05, 0.1) is 5.56 Å². The fourth-order valence-electron chi connectivity index (χ4n) is 4.42. The number of aromatic nitrogens is 4. The summed E-state index contributed by atoms with van der Waals surface area (Å²) in [6.45, 7) is 4.53. The molecule has 0 amide bonds. The zero-order valence-electron chi connectivity index (χ0n) is 21.5. The molecule has 8 nitrogen and oxygen atoms in total. The first kappa shape index (κ1) is 28.4. The molecule has 0 aliphatic carbocycles. The SMILES string of the molecule is Cc1cc(-c2ccc3c(c2)CCN(CCSc2nnc(-c4ccc(C(F)(F)F)cc4)n2C)CC3)no1.O=CO. The number of carbonyl (C=O) groups is 1. The van der Waals surface area contributed by atoms with Crippen molar-refractivity contribution in [1.29, 1.82) is 0 Å². The summed E-state index contributed by atoms with van der Waals surface area (Å²) in [4.78, 5) is 10.8. The summed E-state index contributed by atoms with van der Waals surface area (Å²) in [6, 6.07) is 13.5. The lowest BCUT2D eigenvalue weighted by atomic mass is 9.99. The minimum atomic E-state index is -4.35. The molecule has 0 radical (unpaired) electrons. The summed E-state index contributed by atoms with van der Waals surface area (Å²) in [5.74, 6) is 2.20. The second-order valence-corrected chi connectivity index (χ2v) is 10.1. The first-order valence-corrected chi connectivity index (χ1v) is 13.2. The van der Waals surface area contributed by atoms with Crippen LogP contribution in [0.25, 0.3) is 22.6 Å². The zero-order chi connectivity index (χ0) is 28.0. The summed E-state index contributed by atoms with van der Waals surface area (Å²) >= 11 is 1.61. The molecule has 0 atom stereocenters. The van der Waals surface area contributed by atoms with Crippen molar-refractivity contribution in [3.63, 3.8) is 0 Å². The van der Waals surface area contributed by atoms with Crippen LogP contribution in [0, 0.1) is 6.92 Å². The maximum absolute atomic E-state index is 12.8. The summed E-state index contributed by atoms with van der Waals surface area (Å²) in [6.07, 6.45) is -2.38. The van der Waals surface area contributed by atoms with Crippen LogP contribution in [-0.2, 0) is 30.9 Å². The highest BCUT2D eigenvalue weighted by molar-refractivity contribution is 7.99. The van der Waals surface area contributed by atoms with E-state index in [1.165, 1.54) is 23.3 Å². The monoisotopic (exact) mass is 559 g/mol. The second-order valence-electron chi connectivity index (χ2n) is 9.04. The molecule has 2 aromatic heterocycles. The van der Waals surface area contributed by atoms with Crippen LogP contribution in [0.3, 0.4) is 0 Å². The molecule has 3 heterocycles. The Kier molecular flexibility index (Phi) is 9.08. The van der Waals surface area contributed by atoms with Crippen molar-refractivity contribution >= 4 is 18.2 Å². The third-order valence-electron chi connectivity index (χ3n) is 6.47. The summed E-state index contributed by atoms with van der Waals surface area (Å²) in [7, 11) is 1.84. The molecule has 206 valence electrons. The highest BCUT2D eigenvalue weighted by atomic mass is 32.2. The Labute approximate surface area is 227 Å². The predicted molar refractivity (Wildman–Crippen MR) is 141 cm³/mol. The van der Waals surface area contributed by atoms with Crippen LogP contribution in [0.1, 0.15) is 22.5 Å². The fraction of sp³-hybridized carbons (Fsp3) is 0.333. The predicted octanol–water partition coefficient (Wildman–Crippen LogP) is 5.36. The lowest BCUT2D eigenvalue weighted by Gasteiger charge is -2.19. The first-order valence-electron chi connectivity index (χ1n) is 12.2. The Morgan fingerprint density at radius 1 is 1.03 bits per heavy atom. The van der Waals surface area contributed by atoms with Crippen molar-refractivity contribution in [3.05, 3.63) is 71.0 Å². The van der Waals surface area contributed by atoms with Crippen LogP contribution in [0.15, 0.2) is 58.2 Å². The third kappa shape index (κ3) is 7.07. The number of aryl methyl sites for hydroxylation is 1. The van der Waals surface area contributed by atoms with Crippen molar-refractivity contribution in [2.24, 2.45) is 7.05 Å². The van der Waals surface area contributed by atoms with Crippen molar-refractivity contribution < 1.29 is 27.6 Å². The van der Waals surface area contributed by atoms with Gasteiger partial charge in [0.2, 0.25) is 0 Å². The average molecular weight is 560 g/mol. The number of fused-ring (bicyclic) bond motifs is 1. The smallest absolute Gasteiger partial charge is 0.416 e. The Morgan fingerprint density at radius 3 is 2.33 bits per heavy atom. The van der Waals surface area contributed by atoms with Crippen LogP contribution in [-0.4, -0.2) is 61.8 Å². The van der Waals surface area contributed by atoms with Crippen molar-refractivity contribution in [1.82, 2.24) is 24.8 Å². The van der Waals surface area contributed by atoms with Gasteiger partial charge in [-0.1, -0.05) is 41.2 Å². The van der Waals surface area contributed by atoms with Crippen LogP contribution >= 0.6 is 11.8 Å². The van der Waals surface area contributed by atoms with Crippen LogP contribution in [0.2, 0.25) is 0 Å². The standard InChI is InChI=1S/C26H26F3N5OS.CH2O2/c1-17-15-23(32-35-17)21-4-3-18-9-11-34(12-10-20(18)16-21)13-14-36-25-31-30-24(33(25)2)19-5-7-22(8-6-19)26(27,28)29;2-1-3/h3-8,15-16H,9-14H2,1-2H3;1H,(H,2,3). The number of rotatable bonds is 6. The van der Waals surface area contributed by atoms with E-state index in [0.29, 0.717) is 11.4 Å². The molecule has 0 unspecified atom stereocenters. The van der Waals surface area contributed by atoms with E-state index in [4.69, 9.17) is 14.4 Å². The van der Waals surface area contributed by atoms with E-state index in [1.54, 1.807) is 11.8 Å². The summed E-state index contributed by atoms with van der Waals surface area (Å²) in [5, 5.41) is 20.2. The Balaban J connectivity index is 0.00000112. The normalized spacial score (nSPS) is 13.8. The molecular formula is C27H28F3N5O3S. The van der Waals surface area contributed by atoms with Gasteiger partial charge in [0, 0.05) is 49.6 Å². The Morgan fingerprint density at radius 2 is 1.69 bits per heavy atom. The molecule has 1 N–H and O–H groups in total.